The summed E-state index contributed by atoms with van der Waals surface area (Å²) in [4.78, 5) is 0. The van der Waals surface area contributed by atoms with E-state index in [2.05, 4.69) is 38.1 Å². The topological polar surface area (TPSA) is 20.2 Å². The first-order valence-corrected chi connectivity index (χ1v) is 6.67. The van der Waals surface area contributed by atoms with E-state index in [1.54, 1.807) is 0 Å². The van der Waals surface area contributed by atoms with Gasteiger partial charge in [-0.25, -0.2) is 0 Å². The molecule has 0 heterocycles. The maximum atomic E-state index is 10.1. The molecule has 94 valence electrons. The summed E-state index contributed by atoms with van der Waals surface area (Å²) in [6.45, 7) is 4.31. The molecule has 0 amide bonds. The van der Waals surface area contributed by atoms with Crippen molar-refractivity contribution in [2.45, 2.75) is 33.1 Å². The number of hydrogen-bond acceptors (Lipinski definition) is 1. The van der Waals surface area contributed by atoms with Crippen molar-refractivity contribution < 1.29 is 5.11 Å². The van der Waals surface area contributed by atoms with E-state index in [-0.39, 0.29) is 0 Å². The largest absolute Gasteiger partial charge is 0.508 e. The van der Waals surface area contributed by atoms with Gasteiger partial charge < -0.3 is 5.11 Å². The van der Waals surface area contributed by atoms with Gasteiger partial charge in [-0.05, 0) is 35.6 Å². The van der Waals surface area contributed by atoms with Gasteiger partial charge in [-0.1, -0.05) is 56.7 Å². The van der Waals surface area contributed by atoms with Gasteiger partial charge in [0.1, 0.15) is 5.75 Å². The maximum absolute atomic E-state index is 10.1. The Labute approximate surface area is 109 Å². The second-order valence-electron chi connectivity index (χ2n) is 4.57. The van der Waals surface area contributed by atoms with Crippen molar-refractivity contribution in [1.82, 2.24) is 0 Å². The molecule has 1 N–H and O–H groups in total. The molecule has 0 aromatic heterocycles. The van der Waals surface area contributed by atoms with Crippen molar-refractivity contribution in [3.8, 4) is 16.9 Å². The second-order valence-corrected chi connectivity index (χ2v) is 4.57. The molecule has 0 saturated carbocycles. The fraction of sp³-hybridized carbons (Fsp3) is 0.294. The Hall–Kier alpha value is -1.76. The predicted molar refractivity (Wildman–Crippen MR) is 76.9 cm³/mol. The Kier molecular flexibility index (Phi) is 4.03. The average molecular weight is 240 g/mol. The van der Waals surface area contributed by atoms with Gasteiger partial charge in [0, 0.05) is 5.56 Å². The minimum absolute atomic E-state index is 0.424. The van der Waals surface area contributed by atoms with Crippen molar-refractivity contribution in [2.75, 3.05) is 0 Å². The molecule has 0 fully saturated rings. The van der Waals surface area contributed by atoms with Gasteiger partial charge in [0.2, 0.25) is 0 Å². The molecule has 2 rings (SSSR count). The lowest BCUT2D eigenvalue weighted by molar-refractivity contribution is 0.467. The Bertz CT molecular complexity index is 515. The van der Waals surface area contributed by atoms with E-state index in [9.17, 15) is 5.11 Å². The number of hydrogen-bond donors (Lipinski definition) is 1. The molecule has 2 aromatic carbocycles. The number of aromatic hydroxyl groups is 1. The molecule has 0 radical (unpaired) electrons. The highest BCUT2D eigenvalue weighted by molar-refractivity contribution is 5.73. The molecular formula is C17H20O. The molecule has 0 unspecified atom stereocenters. The average Bonchev–Trinajstić information content (AvgIpc) is 2.42. The molecule has 0 atom stereocenters. The van der Waals surface area contributed by atoms with Crippen LogP contribution in [0.5, 0.6) is 5.75 Å². The maximum Gasteiger partial charge on any atom is 0.119 e. The van der Waals surface area contributed by atoms with Gasteiger partial charge in [0.15, 0.2) is 0 Å². The summed E-state index contributed by atoms with van der Waals surface area (Å²) in [6, 6.07) is 14.2. The highest BCUT2D eigenvalue weighted by Gasteiger charge is 2.12. The van der Waals surface area contributed by atoms with E-state index >= 15 is 0 Å². The van der Waals surface area contributed by atoms with Crippen molar-refractivity contribution in [1.29, 1.82) is 0 Å². The molecule has 0 saturated heterocycles. The highest BCUT2D eigenvalue weighted by Crippen LogP contribution is 2.34. The van der Waals surface area contributed by atoms with Crippen molar-refractivity contribution in [3.63, 3.8) is 0 Å². The van der Waals surface area contributed by atoms with Crippen molar-refractivity contribution >= 4 is 0 Å². The van der Waals surface area contributed by atoms with E-state index in [4.69, 9.17) is 0 Å². The number of phenolic OH excluding ortho intramolecular Hbond substituents is 1. The van der Waals surface area contributed by atoms with E-state index in [0.29, 0.717) is 5.75 Å². The zero-order valence-corrected chi connectivity index (χ0v) is 11.1. The molecule has 2 aromatic rings. The molecular weight excluding hydrogens is 220 g/mol. The van der Waals surface area contributed by atoms with E-state index in [1.807, 2.05) is 18.2 Å². The van der Waals surface area contributed by atoms with Crippen LogP contribution in [0.1, 0.15) is 31.4 Å². The van der Waals surface area contributed by atoms with Gasteiger partial charge >= 0.3 is 0 Å². The smallest absolute Gasteiger partial charge is 0.119 e. The first-order valence-electron chi connectivity index (χ1n) is 6.67. The number of benzene rings is 2. The minimum Gasteiger partial charge on any atom is -0.508 e. The van der Waals surface area contributed by atoms with Gasteiger partial charge in [-0.15, -0.1) is 0 Å². The lowest BCUT2D eigenvalue weighted by Crippen LogP contribution is -1.96. The molecule has 0 aliphatic carbocycles. The fourth-order valence-electron chi connectivity index (χ4n) is 2.45. The molecule has 1 nitrogen and oxygen atoms in total. The van der Waals surface area contributed by atoms with Crippen LogP contribution < -0.4 is 0 Å². The summed E-state index contributed by atoms with van der Waals surface area (Å²) in [6.07, 6.45) is 2.95. The summed E-state index contributed by atoms with van der Waals surface area (Å²) in [5, 5.41) is 10.1. The van der Waals surface area contributed by atoms with Crippen LogP contribution in [-0.2, 0) is 12.8 Å². The lowest BCUT2D eigenvalue weighted by atomic mass is 9.90. The molecule has 1 heteroatoms. The molecule has 0 aliphatic rings. The Balaban J connectivity index is 2.65. The first kappa shape index (κ1) is 12.7. The summed E-state index contributed by atoms with van der Waals surface area (Å²) < 4.78 is 0. The van der Waals surface area contributed by atoms with Gasteiger partial charge in [-0.2, -0.15) is 0 Å². The molecule has 18 heavy (non-hydrogen) atoms. The van der Waals surface area contributed by atoms with Crippen LogP contribution in [0.2, 0.25) is 0 Å². The third-order valence-corrected chi connectivity index (χ3v) is 3.32. The summed E-state index contributed by atoms with van der Waals surface area (Å²) in [5.41, 5.74) is 4.82. The van der Waals surface area contributed by atoms with Gasteiger partial charge in [0.05, 0.1) is 0 Å². The van der Waals surface area contributed by atoms with Crippen molar-refractivity contribution in [2.24, 2.45) is 0 Å². The zero-order chi connectivity index (χ0) is 13.0. The zero-order valence-electron chi connectivity index (χ0n) is 11.1. The Morgan fingerprint density at radius 2 is 1.67 bits per heavy atom. The van der Waals surface area contributed by atoms with Crippen molar-refractivity contribution in [3.05, 3.63) is 53.6 Å². The SMILES string of the molecule is CCCc1c(O)ccc(CC)c1-c1ccccc1. The molecule has 0 bridgehead atoms. The van der Waals surface area contributed by atoms with Gasteiger partial charge in [-0.3, -0.25) is 0 Å². The van der Waals surface area contributed by atoms with E-state index < -0.39 is 0 Å². The van der Waals surface area contributed by atoms with Gasteiger partial charge in [0.25, 0.3) is 0 Å². The van der Waals surface area contributed by atoms with Crippen LogP contribution in [0.3, 0.4) is 0 Å². The first-order chi connectivity index (χ1) is 8.77. The third-order valence-electron chi connectivity index (χ3n) is 3.32. The number of aryl methyl sites for hydroxylation is 1. The Morgan fingerprint density at radius 3 is 2.28 bits per heavy atom. The lowest BCUT2D eigenvalue weighted by Gasteiger charge is -2.15. The Morgan fingerprint density at radius 1 is 0.944 bits per heavy atom. The second kappa shape index (κ2) is 5.72. The quantitative estimate of drug-likeness (QED) is 0.829. The molecule has 0 aliphatic heterocycles. The number of phenols is 1. The third kappa shape index (κ3) is 2.40. The predicted octanol–water partition coefficient (Wildman–Crippen LogP) is 4.57. The van der Waals surface area contributed by atoms with Crippen LogP contribution >= 0.6 is 0 Å². The standard InChI is InChI=1S/C17H20O/c1-3-8-15-16(18)12-11-13(4-2)17(15)14-9-6-5-7-10-14/h5-7,9-12,18H,3-4,8H2,1-2H3. The van der Waals surface area contributed by atoms with Crippen LogP contribution in [0, 0.1) is 0 Å². The fourth-order valence-corrected chi connectivity index (χ4v) is 2.45. The van der Waals surface area contributed by atoms with E-state index in [1.165, 1.54) is 16.7 Å². The molecule has 0 spiro atoms. The van der Waals surface area contributed by atoms with E-state index in [0.717, 1.165) is 24.8 Å². The minimum atomic E-state index is 0.424. The number of rotatable bonds is 4. The summed E-state index contributed by atoms with van der Waals surface area (Å²) >= 11 is 0. The van der Waals surface area contributed by atoms with Crippen LogP contribution in [-0.4, -0.2) is 5.11 Å². The summed E-state index contributed by atoms with van der Waals surface area (Å²) in [5.74, 6) is 0.424. The van der Waals surface area contributed by atoms with Crippen LogP contribution in [0.25, 0.3) is 11.1 Å². The van der Waals surface area contributed by atoms with Crippen LogP contribution in [0.15, 0.2) is 42.5 Å². The summed E-state index contributed by atoms with van der Waals surface area (Å²) in [7, 11) is 0. The normalized spacial score (nSPS) is 10.6. The highest BCUT2D eigenvalue weighted by atomic mass is 16.3. The van der Waals surface area contributed by atoms with Crippen LogP contribution in [0.4, 0.5) is 0 Å². The monoisotopic (exact) mass is 240 g/mol.